The Bertz CT molecular complexity index is 791. The minimum Gasteiger partial charge on any atom is -0.482 e. The molecule has 0 aromatic heterocycles. The van der Waals surface area contributed by atoms with E-state index < -0.39 is 0 Å². The second-order valence-corrected chi connectivity index (χ2v) is 5.95. The van der Waals surface area contributed by atoms with Crippen molar-refractivity contribution in [2.75, 3.05) is 30.7 Å². The van der Waals surface area contributed by atoms with Crippen molar-refractivity contribution in [1.29, 1.82) is 0 Å². The molecule has 0 fully saturated rings. The third kappa shape index (κ3) is 4.89. The molecule has 0 saturated carbocycles. The number of rotatable bonds is 7. The highest BCUT2D eigenvalue weighted by Crippen LogP contribution is 2.28. The summed E-state index contributed by atoms with van der Waals surface area (Å²) in [5, 5.41) is 3.04. The van der Waals surface area contributed by atoms with Gasteiger partial charge in [0.2, 0.25) is 0 Å². The number of ether oxygens (including phenoxy) is 1. The van der Waals surface area contributed by atoms with Crippen molar-refractivity contribution in [3.05, 3.63) is 53.1 Å². The van der Waals surface area contributed by atoms with Gasteiger partial charge >= 0.3 is 0 Å². The highest BCUT2D eigenvalue weighted by Gasteiger charge is 2.13. The number of hydrogen-bond acceptors (Lipinski definition) is 4. The lowest BCUT2D eigenvalue weighted by Crippen LogP contribution is -2.34. The molecule has 0 radical (unpaired) electrons. The number of hydrogen-bond donors (Lipinski definition) is 2. The van der Waals surface area contributed by atoms with Crippen LogP contribution in [0.2, 0.25) is 5.02 Å². The van der Waals surface area contributed by atoms with Crippen LogP contribution in [0.3, 0.4) is 0 Å². The Morgan fingerprint density at radius 2 is 1.85 bits per heavy atom. The van der Waals surface area contributed by atoms with Crippen LogP contribution in [0.5, 0.6) is 5.75 Å². The first-order valence-corrected chi connectivity index (χ1v) is 8.70. The molecule has 6 nitrogen and oxygen atoms in total. The molecule has 2 aromatic carbocycles. The molecule has 0 bridgehead atoms. The maximum atomic E-state index is 12.3. The van der Waals surface area contributed by atoms with E-state index in [1.165, 1.54) is 0 Å². The first kappa shape index (κ1) is 19.6. The highest BCUT2D eigenvalue weighted by atomic mass is 35.5. The molecule has 0 aliphatic carbocycles. The number of carbonyl (C=O) groups excluding carboxylic acids is 2. The maximum Gasteiger partial charge on any atom is 0.260 e. The molecule has 0 atom stereocenters. The lowest BCUT2D eigenvalue weighted by atomic mass is 10.1. The minimum absolute atomic E-state index is 0.0896. The maximum absolute atomic E-state index is 12.3. The second kappa shape index (κ2) is 9.10. The van der Waals surface area contributed by atoms with Gasteiger partial charge in [0.15, 0.2) is 6.61 Å². The van der Waals surface area contributed by atoms with E-state index in [1.807, 2.05) is 13.8 Å². The summed E-state index contributed by atoms with van der Waals surface area (Å²) in [5.41, 5.74) is 7.08. The number of halogens is 1. The van der Waals surface area contributed by atoms with Gasteiger partial charge in [-0.1, -0.05) is 23.7 Å². The summed E-state index contributed by atoms with van der Waals surface area (Å²) in [7, 11) is 0. The molecule has 2 aromatic rings. The van der Waals surface area contributed by atoms with Gasteiger partial charge in [-0.2, -0.15) is 0 Å². The van der Waals surface area contributed by atoms with Crippen molar-refractivity contribution >= 4 is 34.8 Å². The third-order valence-corrected chi connectivity index (χ3v) is 4.16. The van der Waals surface area contributed by atoms with E-state index in [4.69, 9.17) is 22.1 Å². The Morgan fingerprint density at radius 3 is 2.46 bits per heavy atom. The molecule has 138 valence electrons. The van der Waals surface area contributed by atoms with Gasteiger partial charge in [-0.15, -0.1) is 0 Å². The van der Waals surface area contributed by atoms with E-state index in [9.17, 15) is 9.59 Å². The van der Waals surface area contributed by atoms with Crippen LogP contribution >= 0.6 is 11.6 Å². The molecular formula is C19H22ClN3O3. The van der Waals surface area contributed by atoms with Crippen molar-refractivity contribution in [3.8, 4) is 5.75 Å². The molecule has 0 spiro atoms. The summed E-state index contributed by atoms with van der Waals surface area (Å²) in [5.74, 6) is -0.0584. The van der Waals surface area contributed by atoms with Crippen molar-refractivity contribution in [2.45, 2.75) is 13.8 Å². The van der Waals surface area contributed by atoms with E-state index >= 15 is 0 Å². The Balaban J connectivity index is 2.02. The highest BCUT2D eigenvalue weighted by molar-refractivity contribution is 6.32. The van der Waals surface area contributed by atoms with Crippen molar-refractivity contribution in [3.63, 3.8) is 0 Å². The lowest BCUT2D eigenvalue weighted by molar-refractivity contribution is -0.132. The van der Waals surface area contributed by atoms with Gasteiger partial charge in [-0.05, 0) is 44.2 Å². The van der Waals surface area contributed by atoms with E-state index in [-0.39, 0.29) is 18.4 Å². The molecule has 3 N–H and O–H groups in total. The van der Waals surface area contributed by atoms with Crippen molar-refractivity contribution in [2.24, 2.45) is 0 Å². The number of carbonyl (C=O) groups is 2. The molecule has 0 aliphatic rings. The summed E-state index contributed by atoms with van der Waals surface area (Å²) >= 11 is 6.20. The minimum atomic E-state index is -0.329. The largest absolute Gasteiger partial charge is 0.482 e. The van der Waals surface area contributed by atoms with Gasteiger partial charge in [-0.3, -0.25) is 9.59 Å². The fourth-order valence-corrected chi connectivity index (χ4v) is 2.64. The zero-order valence-corrected chi connectivity index (χ0v) is 15.5. The van der Waals surface area contributed by atoms with Gasteiger partial charge in [0.1, 0.15) is 5.75 Å². The number of para-hydroxylation sites is 1. The Labute approximate surface area is 157 Å². The predicted molar refractivity (Wildman–Crippen MR) is 104 cm³/mol. The smallest absolute Gasteiger partial charge is 0.260 e. The predicted octanol–water partition coefficient (Wildman–Crippen LogP) is 3.42. The van der Waals surface area contributed by atoms with E-state index in [2.05, 4.69) is 5.32 Å². The monoisotopic (exact) mass is 375 g/mol. The molecule has 2 amide bonds. The van der Waals surface area contributed by atoms with Gasteiger partial charge in [0.25, 0.3) is 11.8 Å². The Kier molecular flexibility index (Phi) is 6.86. The average Bonchev–Trinajstić information content (AvgIpc) is 2.62. The van der Waals surface area contributed by atoms with Crippen LogP contribution in [-0.4, -0.2) is 36.4 Å². The second-order valence-electron chi connectivity index (χ2n) is 5.54. The first-order valence-electron chi connectivity index (χ1n) is 8.32. The average molecular weight is 376 g/mol. The number of amides is 2. The van der Waals surface area contributed by atoms with E-state index in [0.29, 0.717) is 40.8 Å². The van der Waals surface area contributed by atoms with Crippen molar-refractivity contribution in [1.82, 2.24) is 4.90 Å². The normalized spacial score (nSPS) is 10.3. The number of anilines is 2. The third-order valence-electron chi connectivity index (χ3n) is 3.86. The zero-order valence-electron chi connectivity index (χ0n) is 14.8. The first-order chi connectivity index (χ1) is 12.5. The summed E-state index contributed by atoms with van der Waals surface area (Å²) in [6.45, 7) is 4.98. The molecule has 7 heteroatoms. The topological polar surface area (TPSA) is 84.7 Å². The number of nitrogens with zero attached hydrogens (tertiary/aromatic N) is 1. The summed E-state index contributed by atoms with van der Waals surface area (Å²) < 4.78 is 5.49. The fourth-order valence-electron chi connectivity index (χ4n) is 2.40. The Hall–Kier alpha value is -2.73. The lowest BCUT2D eigenvalue weighted by Gasteiger charge is -2.19. The van der Waals surface area contributed by atoms with Gasteiger partial charge in [0, 0.05) is 24.5 Å². The van der Waals surface area contributed by atoms with E-state index in [1.54, 1.807) is 47.4 Å². The van der Waals surface area contributed by atoms with Gasteiger partial charge < -0.3 is 20.7 Å². The quantitative estimate of drug-likeness (QED) is 0.726. The SMILES string of the molecule is CCN(CC)C(=O)COc1ccc(NC(=O)c2ccccc2N)cc1Cl. The molecule has 0 saturated heterocycles. The zero-order chi connectivity index (χ0) is 19.1. The molecule has 0 unspecified atom stereocenters. The van der Waals surface area contributed by atoms with Crippen LogP contribution < -0.4 is 15.8 Å². The standard InChI is InChI=1S/C19H22ClN3O3/c1-3-23(4-2)18(24)12-26-17-10-9-13(11-15(17)20)22-19(25)14-7-5-6-8-16(14)21/h5-11H,3-4,12,21H2,1-2H3,(H,22,25). The van der Waals surface area contributed by atoms with Crippen LogP contribution in [0.25, 0.3) is 0 Å². The van der Waals surface area contributed by atoms with Crippen LogP contribution in [0.4, 0.5) is 11.4 Å². The molecule has 0 aliphatic heterocycles. The number of nitrogen functional groups attached to an aromatic ring is 1. The summed E-state index contributed by atoms with van der Waals surface area (Å²) in [6, 6.07) is 11.6. The van der Waals surface area contributed by atoms with Crippen LogP contribution in [0.1, 0.15) is 24.2 Å². The Morgan fingerprint density at radius 1 is 1.15 bits per heavy atom. The van der Waals surface area contributed by atoms with E-state index in [0.717, 1.165) is 0 Å². The van der Waals surface area contributed by atoms with Crippen LogP contribution in [-0.2, 0) is 4.79 Å². The van der Waals surface area contributed by atoms with Crippen LogP contribution in [0.15, 0.2) is 42.5 Å². The van der Waals surface area contributed by atoms with Crippen molar-refractivity contribution < 1.29 is 14.3 Å². The molecule has 2 rings (SSSR count). The molecule has 0 heterocycles. The number of benzene rings is 2. The fraction of sp³-hybridized carbons (Fsp3) is 0.263. The number of nitrogens with two attached hydrogens (primary N) is 1. The van der Waals surface area contributed by atoms with Gasteiger partial charge in [-0.25, -0.2) is 0 Å². The summed E-state index contributed by atoms with van der Waals surface area (Å²) in [6.07, 6.45) is 0. The van der Waals surface area contributed by atoms with Gasteiger partial charge in [0.05, 0.1) is 10.6 Å². The molecule has 26 heavy (non-hydrogen) atoms. The number of likely N-dealkylation sites (N-methyl/N-ethyl adjacent to an activating group) is 1. The number of nitrogens with one attached hydrogen (secondary N) is 1. The summed E-state index contributed by atoms with van der Waals surface area (Å²) in [4.78, 5) is 25.9. The molecular weight excluding hydrogens is 354 g/mol. The van der Waals surface area contributed by atoms with Crippen LogP contribution in [0, 0.1) is 0 Å².